The summed E-state index contributed by atoms with van der Waals surface area (Å²) in [4.78, 5) is 10.9. The predicted molar refractivity (Wildman–Crippen MR) is 109 cm³/mol. The van der Waals surface area contributed by atoms with Gasteiger partial charge in [-0.1, -0.05) is 54.6 Å². The Bertz CT molecular complexity index is 893. The van der Waals surface area contributed by atoms with Gasteiger partial charge in [-0.05, 0) is 29.5 Å². The molecular weight excluding hydrogens is 350 g/mol. The number of nitrogens with zero attached hydrogens (tertiary/aromatic N) is 3. The third-order valence-electron chi connectivity index (χ3n) is 5.14. The first-order valence-corrected chi connectivity index (χ1v) is 9.71. The monoisotopic (exact) mass is 375 g/mol. The Labute approximate surface area is 166 Å². The van der Waals surface area contributed by atoms with Gasteiger partial charge in [0, 0.05) is 32.0 Å². The standard InChI is InChI=1S/C23H25N3O2/c1-27-22-23(25-14-13-24-22)28-20-11-15-26(16-12-20)17-19-9-5-6-10-21(19)18-7-3-2-4-8-18/h2-10,13-14,20H,11-12,15-17H2,1H3. The SMILES string of the molecule is COc1nccnc1OC1CCN(Cc2ccccc2-c2ccccc2)CC1. The van der Waals surface area contributed by atoms with Gasteiger partial charge in [0.25, 0.3) is 11.8 Å². The Morgan fingerprint density at radius 3 is 2.32 bits per heavy atom. The first-order chi connectivity index (χ1) is 13.8. The Balaban J connectivity index is 1.38. The largest absolute Gasteiger partial charge is 0.477 e. The molecule has 0 spiro atoms. The highest BCUT2D eigenvalue weighted by Gasteiger charge is 2.23. The summed E-state index contributed by atoms with van der Waals surface area (Å²) in [5.74, 6) is 0.930. The lowest BCUT2D eigenvalue weighted by molar-refractivity contribution is 0.0898. The second kappa shape index (κ2) is 8.85. The van der Waals surface area contributed by atoms with E-state index in [1.807, 2.05) is 0 Å². The van der Waals surface area contributed by atoms with E-state index < -0.39 is 0 Å². The van der Waals surface area contributed by atoms with E-state index in [2.05, 4.69) is 69.5 Å². The summed E-state index contributed by atoms with van der Waals surface area (Å²) < 4.78 is 11.3. The maximum absolute atomic E-state index is 6.04. The number of hydrogen-bond donors (Lipinski definition) is 0. The topological polar surface area (TPSA) is 47.5 Å². The number of ether oxygens (including phenoxy) is 2. The van der Waals surface area contributed by atoms with Crippen molar-refractivity contribution in [3.05, 3.63) is 72.6 Å². The van der Waals surface area contributed by atoms with Crippen LogP contribution in [0, 0.1) is 0 Å². The number of piperidine rings is 1. The molecule has 144 valence electrons. The lowest BCUT2D eigenvalue weighted by atomic mass is 9.98. The molecule has 2 heterocycles. The molecule has 1 aliphatic rings. The molecule has 1 saturated heterocycles. The molecule has 1 aliphatic heterocycles. The minimum atomic E-state index is 0.145. The molecule has 4 rings (SSSR count). The molecule has 0 bridgehead atoms. The molecule has 0 atom stereocenters. The quantitative estimate of drug-likeness (QED) is 0.646. The number of hydrogen-bond acceptors (Lipinski definition) is 5. The van der Waals surface area contributed by atoms with E-state index in [1.165, 1.54) is 16.7 Å². The molecule has 5 heteroatoms. The molecule has 5 nitrogen and oxygen atoms in total. The molecule has 0 saturated carbocycles. The fourth-order valence-corrected chi connectivity index (χ4v) is 3.67. The van der Waals surface area contributed by atoms with Crippen molar-refractivity contribution in [2.24, 2.45) is 0 Å². The summed E-state index contributed by atoms with van der Waals surface area (Å²) in [7, 11) is 1.59. The van der Waals surface area contributed by atoms with Crippen LogP contribution >= 0.6 is 0 Å². The van der Waals surface area contributed by atoms with Gasteiger partial charge in [-0.25, -0.2) is 9.97 Å². The van der Waals surface area contributed by atoms with E-state index in [9.17, 15) is 0 Å². The lowest BCUT2D eigenvalue weighted by Gasteiger charge is -2.32. The van der Waals surface area contributed by atoms with Gasteiger partial charge >= 0.3 is 0 Å². The summed E-state index contributed by atoms with van der Waals surface area (Å²) in [6.07, 6.45) is 5.32. The highest BCUT2D eigenvalue weighted by Crippen LogP contribution is 2.27. The summed E-state index contributed by atoms with van der Waals surface area (Å²) in [6.45, 7) is 2.94. The van der Waals surface area contributed by atoms with Crippen molar-refractivity contribution >= 4 is 0 Å². The molecule has 1 fully saturated rings. The van der Waals surface area contributed by atoms with Gasteiger partial charge in [0.1, 0.15) is 6.10 Å². The highest BCUT2D eigenvalue weighted by atomic mass is 16.5. The maximum atomic E-state index is 6.04. The van der Waals surface area contributed by atoms with Gasteiger partial charge in [-0.3, -0.25) is 4.90 Å². The molecule has 0 amide bonds. The average Bonchev–Trinajstić information content (AvgIpc) is 2.76. The lowest BCUT2D eigenvalue weighted by Crippen LogP contribution is -2.38. The summed E-state index contributed by atoms with van der Waals surface area (Å²) in [5, 5.41) is 0. The zero-order chi connectivity index (χ0) is 19.2. The molecular formula is C23H25N3O2. The third-order valence-corrected chi connectivity index (χ3v) is 5.14. The van der Waals surface area contributed by atoms with Crippen LogP contribution in [-0.4, -0.2) is 41.2 Å². The van der Waals surface area contributed by atoms with Gasteiger partial charge in [-0.15, -0.1) is 0 Å². The minimum absolute atomic E-state index is 0.145. The van der Waals surface area contributed by atoms with Gasteiger partial charge in [0.05, 0.1) is 7.11 Å². The van der Waals surface area contributed by atoms with E-state index in [-0.39, 0.29) is 6.10 Å². The number of benzene rings is 2. The number of likely N-dealkylation sites (tertiary alicyclic amines) is 1. The minimum Gasteiger partial charge on any atom is -0.477 e. The van der Waals surface area contributed by atoms with Crippen LogP contribution in [0.25, 0.3) is 11.1 Å². The van der Waals surface area contributed by atoms with Crippen molar-refractivity contribution < 1.29 is 9.47 Å². The normalized spacial score (nSPS) is 15.3. The van der Waals surface area contributed by atoms with Crippen LogP contribution in [0.3, 0.4) is 0 Å². The second-order valence-electron chi connectivity index (χ2n) is 6.99. The first-order valence-electron chi connectivity index (χ1n) is 9.71. The number of rotatable bonds is 6. The Hall–Kier alpha value is -2.92. The molecule has 0 radical (unpaired) electrons. The average molecular weight is 375 g/mol. The van der Waals surface area contributed by atoms with Crippen LogP contribution in [0.4, 0.5) is 0 Å². The first kappa shape index (κ1) is 18.4. The van der Waals surface area contributed by atoms with Crippen molar-refractivity contribution in [1.82, 2.24) is 14.9 Å². The van der Waals surface area contributed by atoms with E-state index >= 15 is 0 Å². The zero-order valence-electron chi connectivity index (χ0n) is 16.1. The van der Waals surface area contributed by atoms with Gasteiger partial charge in [0.15, 0.2) is 0 Å². The van der Waals surface area contributed by atoms with Gasteiger partial charge in [0.2, 0.25) is 0 Å². The molecule has 28 heavy (non-hydrogen) atoms. The van der Waals surface area contributed by atoms with Crippen molar-refractivity contribution in [3.8, 4) is 22.9 Å². The molecule has 2 aromatic carbocycles. The molecule has 0 aliphatic carbocycles. The van der Waals surface area contributed by atoms with Crippen molar-refractivity contribution in [3.63, 3.8) is 0 Å². The van der Waals surface area contributed by atoms with Crippen molar-refractivity contribution in [2.45, 2.75) is 25.5 Å². The highest BCUT2D eigenvalue weighted by molar-refractivity contribution is 5.67. The van der Waals surface area contributed by atoms with Crippen LogP contribution < -0.4 is 9.47 Å². The number of aromatic nitrogens is 2. The van der Waals surface area contributed by atoms with E-state index in [1.54, 1.807) is 19.5 Å². The maximum Gasteiger partial charge on any atom is 0.278 e. The van der Waals surface area contributed by atoms with Crippen LogP contribution in [0.15, 0.2) is 67.0 Å². The van der Waals surface area contributed by atoms with E-state index in [0.717, 1.165) is 32.5 Å². The van der Waals surface area contributed by atoms with Crippen molar-refractivity contribution in [1.29, 1.82) is 0 Å². The van der Waals surface area contributed by atoms with Crippen molar-refractivity contribution in [2.75, 3.05) is 20.2 Å². The predicted octanol–water partition coefficient (Wildman–Crippen LogP) is 4.20. The van der Waals surface area contributed by atoms with Gasteiger partial charge < -0.3 is 9.47 Å². The second-order valence-corrected chi connectivity index (χ2v) is 6.99. The van der Waals surface area contributed by atoms with Crippen LogP contribution in [0.5, 0.6) is 11.8 Å². The Morgan fingerprint density at radius 2 is 1.57 bits per heavy atom. The fraction of sp³-hybridized carbons (Fsp3) is 0.304. The Morgan fingerprint density at radius 1 is 0.893 bits per heavy atom. The van der Waals surface area contributed by atoms with Crippen LogP contribution in [-0.2, 0) is 6.54 Å². The van der Waals surface area contributed by atoms with E-state index in [4.69, 9.17) is 9.47 Å². The Kier molecular flexibility index (Phi) is 5.83. The summed E-state index contributed by atoms with van der Waals surface area (Å²) in [5.41, 5.74) is 3.94. The third kappa shape index (κ3) is 4.31. The summed E-state index contributed by atoms with van der Waals surface area (Å²) in [6, 6.07) is 19.3. The van der Waals surface area contributed by atoms with Gasteiger partial charge in [-0.2, -0.15) is 0 Å². The molecule has 0 N–H and O–H groups in total. The zero-order valence-corrected chi connectivity index (χ0v) is 16.1. The smallest absolute Gasteiger partial charge is 0.278 e. The van der Waals surface area contributed by atoms with Crippen LogP contribution in [0.1, 0.15) is 18.4 Å². The van der Waals surface area contributed by atoms with E-state index in [0.29, 0.717) is 11.8 Å². The molecule has 3 aromatic rings. The molecule has 1 aromatic heterocycles. The fourth-order valence-electron chi connectivity index (χ4n) is 3.67. The number of methoxy groups -OCH3 is 1. The molecule has 0 unspecified atom stereocenters. The van der Waals surface area contributed by atoms with Crippen LogP contribution in [0.2, 0.25) is 0 Å². The summed E-state index contributed by atoms with van der Waals surface area (Å²) >= 11 is 0.